The van der Waals surface area contributed by atoms with Gasteiger partial charge in [-0.1, -0.05) is 13.8 Å². The van der Waals surface area contributed by atoms with E-state index in [0.29, 0.717) is 23.0 Å². The summed E-state index contributed by atoms with van der Waals surface area (Å²) in [5.74, 6) is -0.925. The summed E-state index contributed by atoms with van der Waals surface area (Å²) in [5, 5.41) is 7.78. The molecule has 146 valence electrons. The molecular weight excluding hydrogens is 381 g/mol. The fraction of sp³-hybridized carbons (Fsp3) is 0.263. The lowest BCUT2D eigenvalue weighted by molar-refractivity contribution is 0.0927. The molecule has 0 saturated heterocycles. The van der Waals surface area contributed by atoms with E-state index in [9.17, 15) is 14.0 Å². The van der Waals surface area contributed by atoms with Crippen LogP contribution in [0.15, 0.2) is 42.2 Å². The Bertz CT molecular complexity index is 955. The van der Waals surface area contributed by atoms with Crippen LogP contribution in [0, 0.1) is 11.7 Å². The second-order valence-electron chi connectivity index (χ2n) is 6.66. The molecule has 7 nitrogen and oxygen atoms in total. The first kappa shape index (κ1) is 19.7. The normalized spacial score (nSPS) is 12.0. The molecule has 0 spiro atoms. The number of anilines is 1. The van der Waals surface area contributed by atoms with Gasteiger partial charge in [0.2, 0.25) is 0 Å². The molecule has 0 aliphatic rings. The molecule has 0 radical (unpaired) electrons. The monoisotopic (exact) mass is 401 g/mol. The van der Waals surface area contributed by atoms with Crippen molar-refractivity contribution in [2.45, 2.75) is 26.3 Å². The molecule has 0 bridgehead atoms. The zero-order valence-electron chi connectivity index (χ0n) is 15.4. The van der Waals surface area contributed by atoms with Crippen molar-refractivity contribution < 1.29 is 14.0 Å². The first-order valence-corrected chi connectivity index (χ1v) is 9.62. The largest absolute Gasteiger partial charge is 0.357 e. The highest BCUT2D eigenvalue weighted by Crippen LogP contribution is 2.25. The number of aromatic nitrogens is 3. The number of rotatable bonds is 7. The Morgan fingerprint density at radius 1 is 1.29 bits per heavy atom. The SMILES string of the molecule is CC(C)C[C@@H](NC(=O)c1ccc[nH]1)c1nc(C(=O)Nc2cncc(F)c2)cs1. The van der Waals surface area contributed by atoms with Crippen LogP contribution in [0.5, 0.6) is 0 Å². The van der Waals surface area contributed by atoms with Gasteiger partial charge in [-0.05, 0) is 24.5 Å². The first-order valence-electron chi connectivity index (χ1n) is 8.74. The minimum atomic E-state index is -0.541. The van der Waals surface area contributed by atoms with E-state index in [1.807, 2.05) is 13.8 Å². The average Bonchev–Trinajstić information content (AvgIpc) is 3.33. The number of carbonyl (C=O) groups excluding carboxylic acids is 2. The lowest BCUT2D eigenvalue weighted by atomic mass is 10.0. The molecule has 9 heteroatoms. The van der Waals surface area contributed by atoms with Gasteiger partial charge < -0.3 is 15.6 Å². The van der Waals surface area contributed by atoms with Gasteiger partial charge in [-0.3, -0.25) is 14.6 Å². The molecule has 3 rings (SSSR count). The van der Waals surface area contributed by atoms with Crippen molar-refractivity contribution in [1.82, 2.24) is 20.3 Å². The smallest absolute Gasteiger partial charge is 0.275 e. The molecule has 3 N–H and O–H groups in total. The van der Waals surface area contributed by atoms with Crippen LogP contribution < -0.4 is 10.6 Å². The molecular formula is C19H20FN5O2S. The second-order valence-corrected chi connectivity index (χ2v) is 7.55. The third-order valence-corrected chi connectivity index (χ3v) is 4.83. The number of pyridine rings is 1. The maximum atomic E-state index is 13.2. The standard InChI is InChI=1S/C19H20FN5O2S/c1-11(2)6-15(24-17(26)14-4-3-5-22-14)19-25-16(10-28-19)18(27)23-13-7-12(20)8-21-9-13/h3-5,7-11,15,22H,6H2,1-2H3,(H,23,27)(H,24,26)/t15-/m1/s1. The van der Waals surface area contributed by atoms with Gasteiger partial charge in [0.25, 0.3) is 11.8 Å². The number of thiazole rings is 1. The van der Waals surface area contributed by atoms with Crippen molar-refractivity contribution in [2.24, 2.45) is 5.92 Å². The molecule has 2 amide bonds. The van der Waals surface area contributed by atoms with Crippen LogP contribution in [-0.2, 0) is 0 Å². The van der Waals surface area contributed by atoms with Crippen LogP contribution in [0.25, 0.3) is 0 Å². The quantitative estimate of drug-likeness (QED) is 0.561. The summed E-state index contributed by atoms with van der Waals surface area (Å²) < 4.78 is 13.2. The highest BCUT2D eigenvalue weighted by Gasteiger charge is 2.22. The Morgan fingerprint density at radius 2 is 2.11 bits per heavy atom. The van der Waals surface area contributed by atoms with Crippen molar-refractivity contribution in [1.29, 1.82) is 0 Å². The van der Waals surface area contributed by atoms with E-state index in [1.165, 1.54) is 23.6 Å². The van der Waals surface area contributed by atoms with Crippen LogP contribution in [0.4, 0.5) is 10.1 Å². The molecule has 3 aromatic rings. The predicted octanol–water partition coefficient (Wildman–Crippen LogP) is 3.77. The minimum absolute atomic E-state index is 0.201. The summed E-state index contributed by atoms with van der Waals surface area (Å²) in [6, 6.07) is 4.30. The Hall–Kier alpha value is -3.07. The first-order chi connectivity index (χ1) is 13.4. The number of carbonyl (C=O) groups is 2. The Morgan fingerprint density at radius 3 is 2.79 bits per heavy atom. The van der Waals surface area contributed by atoms with E-state index in [4.69, 9.17) is 0 Å². The second kappa shape index (κ2) is 8.75. The average molecular weight is 401 g/mol. The van der Waals surface area contributed by atoms with E-state index in [-0.39, 0.29) is 23.3 Å². The van der Waals surface area contributed by atoms with E-state index in [0.717, 1.165) is 6.20 Å². The number of hydrogen-bond donors (Lipinski definition) is 3. The number of halogens is 1. The predicted molar refractivity (Wildman–Crippen MR) is 105 cm³/mol. The third-order valence-electron chi connectivity index (χ3n) is 3.87. The zero-order chi connectivity index (χ0) is 20.1. The number of amides is 2. The summed E-state index contributed by atoms with van der Waals surface area (Å²) in [6.07, 6.45) is 4.76. The van der Waals surface area contributed by atoms with Crippen LogP contribution in [0.1, 0.15) is 52.3 Å². The van der Waals surface area contributed by atoms with Crippen LogP contribution in [-0.4, -0.2) is 26.8 Å². The summed E-state index contributed by atoms with van der Waals surface area (Å²) in [6.45, 7) is 4.10. The van der Waals surface area contributed by atoms with Crippen LogP contribution in [0.3, 0.4) is 0 Å². The van der Waals surface area contributed by atoms with Gasteiger partial charge in [0.1, 0.15) is 22.2 Å². The topological polar surface area (TPSA) is 99.8 Å². The summed E-state index contributed by atoms with van der Waals surface area (Å²) in [5.41, 5.74) is 0.910. The van der Waals surface area contributed by atoms with Crippen molar-refractivity contribution >= 4 is 28.8 Å². The fourth-order valence-electron chi connectivity index (χ4n) is 2.63. The molecule has 0 aliphatic heterocycles. The van der Waals surface area contributed by atoms with Gasteiger partial charge in [0.15, 0.2) is 0 Å². The van der Waals surface area contributed by atoms with Crippen molar-refractivity contribution in [2.75, 3.05) is 5.32 Å². The number of H-pyrrole nitrogens is 1. The van der Waals surface area contributed by atoms with E-state index in [1.54, 1.807) is 23.7 Å². The highest BCUT2D eigenvalue weighted by atomic mass is 32.1. The third kappa shape index (κ3) is 5.01. The minimum Gasteiger partial charge on any atom is -0.357 e. The molecule has 28 heavy (non-hydrogen) atoms. The lowest BCUT2D eigenvalue weighted by Gasteiger charge is -2.18. The van der Waals surface area contributed by atoms with Crippen molar-refractivity contribution in [3.8, 4) is 0 Å². The van der Waals surface area contributed by atoms with Crippen molar-refractivity contribution in [3.63, 3.8) is 0 Å². The lowest BCUT2D eigenvalue weighted by Crippen LogP contribution is -2.29. The van der Waals surface area contributed by atoms with Gasteiger partial charge in [0.05, 0.1) is 24.1 Å². The Labute approximate surface area is 165 Å². The number of nitrogens with one attached hydrogen (secondary N) is 3. The van der Waals surface area contributed by atoms with Crippen molar-refractivity contribution in [3.05, 3.63) is 64.4 Å². The van der Waals surface area contributed by atoms with Gasteiger partial charge in [0, 0.05) is 17.6 Å². The fourth-order valence-corrected chi connectivity index (χ4v) is 3.49. The van der Waals surface area contributed by atoms with Gasteiger partial charge in [-0.15, -0.1) is 11.3 Å². The summed E-state index contributed by atoms with van der Waals surface area (Å²) in [4.78, 5) is 35.7. The molecule has 0 saturated carbocycles. The summed E-state index contributed by atoms with van der Waals surface area (Å²) in [7, 11) is 0. The molecule has 1 atom stereocenters. The highest BCUT2D eigenvalue weighted by molar-refractivity contribution is 7.10. The molecule has 0 unspecified atom stereocenters. The van der Waals surface area contributed by atoms with E-state index >= 15 is 0 Å². The van der Waals surface area contributed by atoms with Gasteiger partial charge in [-0.25, -0.2) is 9.37 Å². The van der Waals surface area contributed by atoms with Crippen LogP contribution in [0.2, 0.25) is 0 Å². The Balaban J connectivity index is 1.74. The number of aromatic amines is 1. The molecule has 3 heterocycles. The number of hydrogen-bond acceptors (Lipinski definition) is 5. The molecule has 0 aliphatic carbocycles. The maximum Gasteiger partial charge on any atom is 0.275 e. The van der Waals surface area contributed by atoms with Gasteiger partial charge in [-0.2, -0.15) is 0 Å². The molecule has 3 aromatic heterocycles. The summed E-state index contributed by atoms with van der Waals surface area (Å²) >= 11 is 1.29. The zero-order valence-corrected chi connectivity index (χ0v) is 16.2. The van der Waals surface area contributed by atoms with Crippen LogP contribution >= 0.6 is 11.3 Å². The molecule has 0 aromatic carbocycles. The van der Waals surface area contributed by atoms with Gasteiger partial charge >= 0.3 is 0 Å². The molecule has 0 fully saturated rings. The maximum absolute atomic E-state index is 13.2. The van der Waals surface area contributed by atoms with E-state index in [2.05, 4.69) is 25.6 Å². The van der Waals surface area contributed by atoms with E-state index < -0.39 is 11.7 Å². The Kier molecular flexibility index (Phi) is 6.15. The number of nitrogens with zero attached hydrogens (tertiary/aromatic N) is 2.